The van der Waals surface area contributed by atoms with Gasteiger partial charge in [0.05, 0.1) is 11.4 Å². The zero-order valence-corrected chi connectivity index (χ0v) is 16.8. The Balaban J connectivity index is 2.15. The van der Waals surface area contributed by atoms with Crippen LogP contribution in [0, 0.1) is 6.92 Å². The molecule has 1 amide bonds. The molecule has 0 aliphatic rings. The molecule has 0 saturated heterocycles. The Morgan fingerprint density at radius 3 is 2.46 bits per heavy atom. The van der Waals surface area contributed by atoms with E-state index in [0.717, 1.165) is 15.6 Å². The Kier molecular flexibility index (Phi) is 6.19. The van der Waals surface area contributed by atoms with Gasteiger partial charge in [-0.2, -0.15) is 4.31 Å². The Morgan fingerprint density at radius 1 is 1.19 bits per heavy atom. The summed E-state index contributed by atoms with van der Waals surface area (Å²) >= 11 is 1.06. The van der Waals surface area contributed by atoms with Gasteiger partial charge in [0.15, 0.2) is 0 Å². The Labute approximate surface area is 156 Å². The van der Waals surface area contributed by atoms with E-state index < -0.39 is 32.5 Å². The predicted octanol–water partition coefficient (Wildman–Crippen LogP) is 1.22. The van der Waals surface area contributed by atoms with E-state index in [2.05, 4.69) is 10.0 Å². The van der Waals surface area contributed by atoms with Gasteiger partial charge in [-0.3, -0.25) is 4.79 Å². The third-order valence-corrected chi connectivity index (χ3v) is 8.29. The van der Waals surface area contributed by atoms with Crippen LogP contribution in [0.1, 0.15) is 5.56 Å². The van der Waals surface area contributed by atoms with E-state index in [9.17, 15) is 21.6 Å². The van der Waals surface area contributed by atoms with Crippen molar-refractivity contribution in [1.82, 2.24) is 9.03 Å². The van der Waals surface area contributed by atoms with Crippen molar-refractivity contribution in [2.75, 3.05) is 26.0 Å². The molecule has 0 spiro atoms. The van der Waals surface area contributed by atoms with Crippen LogP contribution in [0.4, 0.5) is 5.69 Å². The number of nitrogens with zero attached hydrogens (tertiary/aromatic N) is 1. The van der Waals surface area contributed by atoms with E-state index in [-0.39, 0.29) is 14.8 Å². The zero-order chi connectivity index (χ0) is 19.5. The number of carbonyl (C=O) groups is 1. The Morgan fingerprint density at radius 2 is 1.88 bits per heavy atom. The van der Waals surface area contributed by atoms with Gasteiger partial charge >= 0.3 is 0 Å². The molecule has 11 heteroatoms. The quantitative estimate of drug-likeness (QED) is 0.703. The first-order chi connectivity index (χ1) is 12.1. The summed E-state index contributed by atoms with van der Waals surface area (Å²) in [6, 6.07) is 7.51. The molecule has 0 radical (unpaired) electrons. The molecule has 1 aromatic heterocycles. The van der Waals surface area contributed by atoms with E-state index in [1.54, 1.807) is 30.5 Å². The molecule has 2 rings (SSSR count). The van der Waals surface area contributed by atoms with Gasteiger partial charge in [-0.05, 0) is 43.1 Å². The average molecular weight is 418 g/mol. The van der Waals surface area contributed by atoms with E-state index in [1.165, 1.54) is 26.2 Å². The van der Waals surface area contributed by atoms with E-state index in [1.807, 2.05) is 0 Å². The first-order valence-electron chi connectivity index (χ1n) is 7.42. The highest BCUT2D eigenvalue weighted by Gasteiger charge is 2.24. The maximum Gasteiger partial charge on any atom is 0.252 e. The SMILES string of the molecule is CNS(=O)(=O)c1cc(NC(=O)CN(C)S(=O)(=O)c2cccs2)ccc1C. The van der Waals surface area contributed by atoms with Crippen LogP contribution in [0.5, 0.6) is 0 Å². The van der Waals surface area contributed by atoms with Gasteiger partial charge in [0.2, 0.25) is 15.9 Å². The molecule has 2 aromatic rings. The molecule has 142 valence electrons. The van der Waals surface area contributed by atoms with Gasteiger partial charge < -0.3 is 5.32 Å². The average Bonchev–Trinajstić information content (AvgIpc) is 3.11. The van der Waals surface area contributed by atoms with Crippen molar-refractivity contribution in [2.24, 2.45) is 0 Å². The highest BCUT2D eigenvalue weighted by atomic mass is 32.2. The summed E-state index contributed by atoms with van der Waals surface area (Å²) in [6.45, 7) is 1.24. The molecule has 0 aliphatic heterocycles. The lowest BCUT2D eigenvalue weighted by Gasteiger charge is -2.16. The zero-order valence-electron chi connectivity index (χ0n) is 14.4. The van der Waals surface area contributed by atoms with Gasteiger partial charge in [-0.1, -0.05) is 12.1 Å². The van der Waals surface area contributed by atoms with Gasteiger partial charge in [-0.15, -0.1) is 11.3 Å². The van der Waals surface area contributed by atoms with E-state index in [0.29, 0.717) is 5.56 Å². The van der Waals surface area contributed by atoms with Crippen molar-refractivity contribution in [1.29, 1.82) is 0 Å². The highest BCUT2D eigenvalue weighted by molar-refractivity contribution is 7.91. The molecule has 8 nitrogen and oxygen atoms in total. The first kappa shape index (κ1) is 20.5. The molecule has 0 unspecified atom stereocenters. The van der Waals surface area contributed by atoms with Crippen LogP contribution in [0.2, 0.25) is 0 Å². The summed E-state index contributed by atoms with van der Waals surface area (Å²) < 4.78 is 51.9. The third kappa shape index (κ3) is 4.48. The fraction of sp³-hybridized carbons (Fsp3) is 0.267. The molecular formula is C15H19N3O5S3. The van der Waals surface area contributed by atoms with Crippen molar-refractivity contribution in [3.63, 3.8) is 0 Å². The van der Waals surface area contributed by atoms with Crippen LogP contribution in [-0.4, -0.2) is 47.7 Å². The largest absolute Gasteiger partial charge is 0.325 e. The van der Waals surface area contributed by atoms with Crippen LogP contribution >= 0.6 is 11.3 Å². The van der Waals surface area contributed by atoms with E-state index in [4.69, 9.17) is 0 Å². The lowest BCUT2D eigenvalue weighted by atomic mass is 10.2. The summed E-state index contributed by atoms with van der Waals surface area (Å²) in [6.07, 6.45) is 0. The molecule has 0 bridgehead atoms. The molecule has 2 N–H and O–H groups in total. The number of sulfonamides is 2. The highest BCUT2D eigenvalue weighted by Crippen LogP contribution is 2.21. The second-order valence-electron chi connectivity index (χ2n) is 5.43. The van der Waals surface area contributed by atoms with Crippen LogP contribution in [0.15, 0.2) is 44.8 Å². The second-order valence-corrected chi connectivity index (χ2v) is 10.5. The molecule has 26 heavy (non-hydrogen) atoms. The Bertz CT molecular complexity index is 999. The summed E-state index contributed by atoms with van der Waals surface area (Å²) in [7, 11) is -4.81. The second kappa shape index (κ2) is 7.84. The number of thiophene rings is 1. The summed E-state index contributed by atoms with van der Waals surface area (Å²) in [5.41, 5.74) is 0.783. The minimum atomic E-state index is -3.74. The molecule has 0 aliphatic carbocycles. The van der Waals surface area contributed by atoms with Crippen molar-refractivity contribution >= 4 is 43.0 Å². The summed E-state index contributed by atoms with van der Waals surface area (Å²) in [5.74, 6) is -0.579. The number of hydrogen-bond acceptors (Lipinski definition) is 6. The van der Waals surface area contributed by atoms with Gasteiger partial charge in [0.25, 0.3) is 10.0 Å². The van der Waals surface area contributed by atoms with Crippen LogP contribution in [0.3, 0.4) is 0 Å². The first-order valence-corrected chi connectivity index (χ1v) is 11.2. The fourth-order valence-electron chi connectivity index (χ4n) is 2.13. The topological polar surface area (TPSA) is 113 Å². The molecule has 1 aromatic carbocycles. The number of aryl methyl sites for hydroxylation is 1. The number of benzene rings is 1. The molecular weight excluding hydrogens is 398 g/mol. The number of nitrogens with one attached hydrogen (secondary N) is 2. The lowest BCUT2D eigenvalue weighted by molar-refractivity contribution is -0.116. The maximum atomic E-state index is 12.3. The minimum Gasteiger partial charge on any atom is -0.325 e. The van der Waals surface area contributed by atoms with Crippen LogP contribution < -0.4 is 10.0 Å². The van der Waals surface area contributed by atoms with Crippen molar-refractivity contribution in [3.05, 3.63) is 41.3 Å². The minimum absolute atomic E-state index is 0.0392. The molecule has 0 saturated carbocycles. The lowest BCUT2D eigenvalue weighted by Crippen LogP contribution is -2.34. The number of carbonyl (C=O) groups excluding carboxylic acids is 1. The van der Waals surface area contributed by atoms with Gasteiger partial charge in [0.1, 0.15) is 4.21 Å². The summed E-state index contributed by atoms with van der Waals surface area (Å²) in [5, 5.41) is 4.16. The number of amides is 1. The monoisotopic (exact) mass is 417 g/mol. The molecule has 0 fully saturated rings. The number of hydrogen-bond donors (Lipinski definition) is 2. The van der Waals surface area contributed by atoms with Crippen molar-refractivity contribution < 1.29 is 21.6 Å². The molecule has 1 heterocycles. The number of likely N-dealkylation sites (N-methyl/N-ethyl adjacent to an activating group) is 1. The number of anilines is 1. The van der Waals surface area contributed by atoms with Crippen LogP contribution in [0.25, 0.3) is 0 Å². The standard InChI is InChI=1S/C15H19N3O5S3/c1-11-6-7-12(9-13(11)25(20,21)16-2)17-14(19)10-18(3)26(22,23)15-5-4-8-24-15/h4-9,16H,10H2,1-3H3,(H,17,19). The number of rotatable bonds is 7. The third-order valence-electron chi connectivity index (χ3n) is 3.56. The maximum absolute atomic E-state index is 12.3. The summed E-state index contributed by atoms with van der Waals surface area (Å²) in [4.78, 5) is 12.2. The Hall–Kier alpha value is -1.79. The van der Waals surface area contributed by atoms with Crippen molar-refractivity contribution in [3.8, 4) is 0 Å². The van der Waals surface area contributed by atoms with Crippen molar-refractivity contribution in [2.45, 2.75) is 16.0 Å². The predicted molar refractivity (Wildman–Crippen MR) is 100 cm³/mol. The fourth-order valence-corrected chi connectivity index (χ4v) is 5.45. The van der Waals surface area contributed by atoms with Crippen LogP contribution in [-0.2, 0) is 24.8 Å². The van der Waals surface area contributed by atoms with Gasteiger partial charge in [-0.25, -0.2) is 21.6 Å². The van der Waals surface area contributed by atoms with E-state index >= 15 is 0 Å². The van der Waals surface area contributed by atoms with Gasteiger partial charge in [0, 0.05) is 12.7 Å². The normalized spacial score (nSPS) is 12.3. The molecule has 0 atom stereocenters. The smallest absolute Gasteiger partial charge is 0.252 e.